The van der Waals surface area contributed by atoms with Crippen LogP contribution in [0.2, 0.25) is 0 Å². The molecule has 3 rings (SSSR count). The van der Waals surface area contributed by atoms with E-state index in [9.17, 15) is 0 Å². The van der Waals surface area contributed by atoms with Crippen molar-refractivity contribution < 1.29 is 4.42 Å². The first-order chi connectivity index (χ1) is 9.70. The molecule has 1 aromatic heterocycles. The predicted octanol–water partition coefficient (Wildman–Crippen LogP) is 1.84. The summed E-state index contributed by atoms with van der Waals surface area (Å²) in [5, 5.41) is 11.7. The van der Waals surface area contributed by atoms with Gasteiger partial charge in [-0.05, 0) is 26.0 Å². The molecule has 5 nitrogen and oxygen atoms in total. The smallest absolute Gasteiger partial charge is 0.247 e. The summed E-state index contributed by atoms with van der Waals surface area (Å²) in [6, 6.07) is 8.64. The van der Waals surface area contributed by atoms with Crippen LogP contribution in [0.4, 0.5) is 0 Å². The Kier molecular flexibility index (Phi) is 3.80. The van der Waals surface area contributed by atoms with Gasteiger partial charge < -0.3 is 9.73 Å². The molecule has 0 unspecified atom stereocenters. The van der Waals surface area contributed by atoms with Crippen LogP contribution < -0.4 is 5.32 Å². The van der Waals surface area contributed by atoms with Crippen molar-refractivity contribution in [3.8, 4) is 11.5 Å². The number of nitrogens with zero attached hydrogens (tertiary/aromatic N) is 3. The van der Waals surface area contributed by atoms with Crippen molar-refractivity contribution in [3.63, 3.8) is 0 Å². The quantitative estimate of drug-likeness (QED) is 0.924. The molecule has 1 saturated heterocycles. The second-order valence-corrected chi connectivity index (χ2v) is 5.46. The van der Waals surface area contributed by atoms with Gasteiger partial charge in [0.1, 0.15) is 0 Å². The number of nitrogens with one attached hydrogen (secondary N) is 1. The zero-order valence-electron chi connectivity index (χ0n) is 12.0. The number of aromatic nitrogens is 2. The van der Waals surface area contributed by atoms with Crippen LogP contribution in [0.25, 0.3) is 11.5 Å². The van der Waals surface area contributed by atoms with Crippen molar-refractivity contribution >= 4 is 0 Å². The second kappa shape index (κ2) is 5.73. The van der Waals surface area contributed by atoms with Gasteiger partial charge in [0.15, 0.2) is 0 Å². The molecule has 2 heterocycles. The third-order valence-corrected chi connectivity index (χ3v) is 3.54. The van der Waals surface area contributed by atoms with Crippen LogP contribution in [0.1, 0.15) is 18.4 Å². The Morgan fingerprint density at radius 1 is 1.40 bits per heavy atom. The summed E-state index contributed by atoms with van der Waals surface area (Å²) >= 11 is 0. The molecule has 0 amide bonds. The van der Waals surface area contributed by atoms with E-state index < -0.39 is 0 Å². The topological polar surface area (TPSA) is 54.2 Å². The van der Waals surface area contributed by atoms with Crippen molar-refractivity contribution in [1.82, 2.24) is 20.4 Å². The number of aryl methyl sites for hydroxylation is 1. The molecule has 0 aliphatic carbocycles. The van der Waals surface area contributed by atoms with Gasteiger partial charge in [0.2, 0.25) is 11.8 Å². The van der Waals surface area contributed by atoms with Gasteiger partial charge >= 0.3 is 0 Å². The maximum atomic E-state index is 5.78. The minimum Gasteiger partial charge on any atom is -0.419 e. The van der Waals surface area contributed by atoms with E-state index in [2.05, 4.69) is 46.4 Å². The maximum absolute atomic E-state index is 5.78. The first kappa shape index (κ1) is 13.3. The minimum atomic E-state index is 0.517. The largest absolute Gasteiger partial charge is 0.419 e. The Bertz CT molecular complexity index is 581. The highest BCUT2D eigenvalue weighted by molar-refractivity contribution is 5.53. The Morgan fingerprint density at radius 3 is 3.10 bits per heavy atom. The Balaban J connectivity index is 1.70. The van der Waals surface area contributed by atoms with E-state index in [-0.39, 0.29) is 0 Å². The standard InChI is InChI=1S/C15H20N4O/c1-11-4-3-5-13(8-11)15-18-17-14(20-15)10-19-7-6-16-12(2)9-19/h3-5,8,12,16H,6-7,9-10H2,1-2H3/t12-/m0/s1. The van der Waals surface area contributed by atoms with Crippen LogP contribution in [0.5, 0.6) is 0 Å². The van der Waals surface area contributed by atoms with E-state index in [1.807, 2.05) is 12.1 Å². The molecule has 1 fully saturated rings. The third-order valence-electron chi connectivity index (χ3n) is 3.54. The van der Waals surface area contributed by atoms with Gasteiger partial charge in [0.05, 0.1) is 6.54 Å². The highest BCUT2D eigenvalue weighted by Gasteiger charge is 2.18. The van der Waals surface area contributed by atoms with Gasteiger partial charge in [0, 0.05) is 31.2 Å². The molecule has 1 aromatic carbocycles. The second-order valence-electron chi connectivity index (χ2n) is 5.46. The lowest BCUT2D eigenvalue weighted by Crippen LogP contribution is -2.48. The number of hydrogen-bond acceptors (Lipinski definition) is 5. The van der Waals surface area contributed by atoms with Gasteiger partial charge in [-0.3, -0.25) is 4.90 Å². The number of rotatable bonds is 3. The summed E-state index contributed by atoms with van der Waals surface area (Å²) in [5.41, 5.74) is 2.18. The van der Waals surface area contributed by atoms with Gasteiger partial charge in [-0.1, -0.05) is 17.7 Å². The van der Waals surface area contributed by atoms with Crippen LogP contribution in [0.15, 0.2) is 28.7 Å². The average molecular weight is 272 g/mol. The maximum Gasteiger partial charge on any atom is 0.247 e. The zero-order valence-corrected chi connectivity index (χ0v) is 12.0. The van der Waals surface area contributed by atoms with Crippen LogP contribution in [0, 0.1) is 6.92 Å². The van der Waals surface area contributed by atoms with Gasteiger partial charge in [-0.25, -0.2) is 0 Å². The molecule has 0 saturated carbocycles. The molecular formula is C15H20N4O. The molecule has 0 bridgehead atoms. The molecular weight excluding hydrogens is 252 g/mol. The van der Waals surface area contributed by atoms with Crippen molar-refractivity contribution in [2.24, 2.45) is 0 Å². The van der Waals surface area contributed by atoms with E-state index in [1.165, 1.54) is 5.56 Å². The van der Waals surface area contributed by atoms with Crippen LogP contribution in [-0.2, 0) is 6.54 Å². The molecule has 0 radical (unpaired) electrons. The molecule has 1 atom stereocenters. The molecule has 106 valence electrons. The van der Waals surface area contributed by atoms with E-state index in [0.29, 0.717) is 17.8 Å². The Morgan fingerprint density at radius 2 is 2.30 bits per heavy atom. The summed E-state index contributed by atoms with van der Waals surface area (Å²) in [6.45, 7) is 8.03. The fourth-order valence-electron chi connectivity index (χ4n) is 2.56. The Hall–Kier alpha value is -1.72. The lowest BCUT2D eigenvalue weighted by Gasteiger charge is -2.30. The van der Waals surface area contributed by atoms with Gasteiger partial charge in [0.25, 0.3) is 0 Å². The zero-order chi connectivity index (χ0) is 13.9. The lowest BCUT2D eigenvalue weighted by molar-refractivity contribution is 0.184. The monoisotopic (exact) mass is 272 g/mol. The number of piperazine rings is 1. The Labute approximate surface area is 119 Å². The number of benzene rings is 1. The summed E-state index contributed by atoms with van der Waals surface area (Å²) in [7, 11) is 0. The van der Waals surface area contributed by atoms with E-state index in [1.54, 1.807) is 0 Å². The molecule has 2 aromatic rings. The van der Waals surface area contributed by atoms with Crippen molar-refractivity contribution in [3.05, 3.63) is 35.7 Å². The average Bonchev–Trinajstić information content (AvgIpc) is 2.87. The molecule has 0 spiro atoms. The lowest BCUT2D eigenvalue weighted by atomic mass is 10.1. The number of hydrogen-bond donors (Lipinski definition) is 1. The fraction of sp³-hybridized carbons (Fsp3) is 0.467. The predicted molar refractivity (Wildman–Crippen MR) is 77.2 cm³/mol. The van der Waals surface area contributed by atoms with Gasteiger partial charge in [-0.15, -0.1) is 10.2 Å². The van der Waals surface area contributed by atoms with Crippen LogP contribution >= 0.6 is 0 Å². The fourth-order valence-corrected chi connectivity index (χ4v) is 2.56. The summed E-state index contributed by atoms with van der Waals surface area (Å²) in [5.74, 6) is 1.29. The van der Waals surface area contributed by atoms with E-state index in [0.717, 1.165) is 31.7 Å². The molecule has 1 N–H and O–H groups in total. The van der Waals surface area contributed by atoms with Crippen LogP contribution in [-0.4, -0.2) is 40.8 Å². The molecule has 5 heteroatoms. The first-order valence-corrected chi connectivity index (χ1v) is 7.06. The third kappa shape index (κ3) is 3.05. The van der Waals surface area contributed by atoms with Crippen molar-refractivity contribution in [2.45, 2.75) is 26.4 Å². The molecule has 20 heavy (non-hydrogen) atoms. The SMILES string of the molecule is Cc1cccc(-c2nnc(CN3CCN[C@@H](C)C3)o2)c1. The van der Waals surface area contributed by atoms with Crippen molar-refractivity contribution in [1.29, 1.82) is 0 Å². The summed E-state index contributed by atoms with van der Waals surface area (Å²) in [6.07, 6.45) is 0. The highest BCUT2D eigenvalue weighted by atomic mass is 16.4. The van der Waals surface area contributed by atoms with E-state index in [4.69, 9.17) is 4.42 Å². The van der Waals surface area contributed by atoms with Crippen molar-refractivity contribution in [2.75, 3.05) is 19.6 Å². The summed E-state index contributed by atoms with van der Waals surface area (Å²) < 4.78 is 5.78. The molecule has 1 aliphatic rings. The van der Waals surface area contributed by atoms with Crippen LogP contribution in [0.3, 0.4) is 0 Å². The highest BCUT2D eigenvalue weighted by Crippen LogP contribution is 2.19. The summed E-state index contributed by atoms with van der Waals surface area (Å²) in [4.78, 5) is 2.34. The van der Waals surface area contributed by atoms with E-state index >= 15 is 0 Å². The normalized spacial score (nSPS) is 20.2. The first-order valence-electron chi connectivity index (χ1n) is 7.06. The van der Waals surface area contributed by atoms with Gasteiger partial charge in [-0.2, -0.15) is 0 Å². The minimum absolute atomic E-state index is 0.517. The molecule has 1 aliphatic heterocycles.